The summed E-state index contributed by atoms with van der Waals surface area (Å²) in [4.78, 5) is 12.8. The quantitative estimate of drug-likeness (QED) is 0.661. The van der Waals surface area contributed by atoms with Crippen molar-refractivity contribution in [2.75, 3.05) is 30.2 Å². The van der Waals surface area contributed by atoms with Gasteiger partial charge in [0.25, 0.3) is 15.9 Å². The summed E-state index contributed by atoms with van der Waals surface area (Å²) in [7, 11) is -2.24. The van der Waals surface area contributed by atoms with Crippen LogP contribution in [0.25, 0.3) is 0 Å². The van der Waals surface area contributed by atoms with Crippen LogP contribution in [0.1, 0.15) is 12.8 Å². The van der Waals surface area contributed by atoms with Gasteiger partial charge in [0.05, 0.1) is 4.90 Å². The number of amides is 1. The summed E-state index contributed by atoms with van der Waals surface area (Å²) in [6.07, 6.45) is 1.12. The number of rotatable bonds is 6. The SMILES string of the molecule is COC1(C(=O)Nc2cccc(S(=O)(=O)Nc3ccccc3)c2)CCNCC1.Cl. The molecule has 0 aromatic heterocycles. The van der Waals surface area contributed by atoms with E-state index in [2.05, 4.69) is 15.4 Å². The zero-order chi connectivity index (χ0) is 19.3. The van der Waals surface area contributed by atoms with Crippen molar-refractivity contribution < 1.29 is 17.9 Å². The van der Waals surface area contributed by atoms with Crippen molar-refractivity contribution in [2.45, 2.75) is 23.3 Å². The zero-order valence-corrected chi connectivity index (χ0v) is 17.1. The summed E-state index contributed by atoms with van der Waals surface area (Å²) in [5, 5.41) is 5.99. The lowest BCUT2D eigenvalue weighted by molar-refractivity contribution is -0.140. The number of carbonyl (C=O) groups is 1. The van der Waals surface area contributed by atoms with Gasteiger partial charge in [-0.25, -0.2) is 8.42 Å². The number of anilines is 2. The summed E-state index contributed by atoms with van der Waals surface area (Å²) in [5.74, 6) is -0.267. The van der Waals surface area contributed by atoms with E-state index in [4.69, 9.17) is 4.74 Å². The maximum Gasteiger partial charge on any atom is 0.261 e. The van der Waals surface area contributed by atoms with Crippen LogP contribution in [-0.4, -0.2) is 40.1 Å². The van der Waals surface area contributed by atoms with Crippen molar-refractivity contribution in [1.82, 2.24) is 5.32 Å². The maximum atomic E-state index is 12.7. The molecule has 1 aliphatic heterocycles. The lowest BCUT2D eigenvalue weighted by atomic mass is 9.91. The van der Waals surface area contributed by atoms with Crippen LogP contribution in [-0.2, 0) is 19.6 Å². The fourth-order valence-electron chi connectivity index (χ4n) is 3.06. The topological polar surface area (TPSA) is 96.5 Å². The van der Waals surface area contributed by atoms with Crippen molar-refractivity contribution in [2.24, 2.45) is 0 Å². The largest absolute Gasteiger partial charge is 0.368 e. The fourth-order valence-corrected chi connectivity index (χ4v) is 4.16. The highest BCUT2D eigenvalue weighted by molar-refractivity contribution is 7.92. The van der Waals surface area contributed by atoms with E-state index in [0.29, 0.717) is 37.3 Å². The van der Waals surface area contributed by atoms with E-state index in [1.54, 1.807) is 42.5 Å². The van der Waals surface area contributed by atoms with Gasteiger partial charge in [-0.1, -0.05) is 24.3 Å². The van der Waals surface area contributed by atoms with Crippen LogP contribution in [0.5, 0.6) is 0 Å². The highest BCUT2D eigenvalue weighted by Crippen LogP contribution is 2.25. The highest BCUT2D eigenvalue weighted by Gasteiger charge is 2.39. The second-order valence-electron chi connectivity index (χ2n) is 6.40. The Kier molecular flexibility index (Phi) is 7.42. The van der Waals surface area contributed by atoms with E-state index in [0.717, 1.165) is 0 Å². The Morgan fingerprint density at radius 3 is 2.32 bits per heavy atom. The molecule has 0 aliphatic carbocycles. The molecule has 0 unspecified atom stereocenters. The Labute approximate surface area is 171 Å². The molecule has 0 spiro atoms. The second-order valence-corrected chi connectivity index (χ2v) is 8.08. The Morgan fingerprint density at radius 2 is 1.68 bits per heavy atom. The average Bonchev–Trinajstić information content (AvgIpc) is 2.69. The number of hydrogen-bond acceptors (Lipinski definition) is 5. The molecule has 152 valence electrons. The molecule has 1 saturated heterocycles. The molecule has 1 fully saturated rings. The summed E-state index contributed by atoms with van der Waals surface area (Å²) < 4.78 is 33.2. The second kappa shape index (κ2) is 9.38. The smallest absolute Gasteiger partial charge is 0.261 e. The number of hydrogen-bond donors (Lipinski definition) is 3. The minimum absolute atomic E-state index is 0. The summed E-state index contributed by atoms with van der Waals surface area (Å²) in [5.41, 5.74) is -0.0199. The molecule has 0 bridgehead atoms. The molecule has 1 amide bonds. The van der Waals surface area contributed by atoms with Crippen LogP contribution in [0.15, 0.2) is 59.5 Å². The van der Waals surface area contributed by atoms with Gasteiger partial charge in [0.2, 0.25) is 0 Å². The summed E-state index contributed by atoms with van der Waals surface area (Å²) in [6.45, 7) is 1.38. The number of carbonyl (C=O) groups excluding carboxylic acids is 1. The lowest BCUT2D eigenvalue weighted by Gasteiger charge is -2.34. The molecular formula is C19H24ClN3O4S. The maximum absolute atomic E-state index is 12.7. The normalized spacial score (nSPS) is 15.9. The molecule has 1 aliphatic rings. The van der Waals surface area contributed by atoms with Gasteiger partial charge in [-0.3, -0.25) is 9.52 Å². The first-order chi connectivity index (χ1) is 13.0. The molecule has 0 saturated carbocycles. The third-order valence-electron chi connectivity index (χ3n) is 4.64. The van der Waals surface area contributed by atoms with E-state index >= 15 is 0 Å². The van der Waals surface area contributed by atoms with Crippen molar-refractivity contribution in [1.29, 1.82) is 0 Å². The molecule has 3 rings (SSSR count). The van der Waals surface area contributed by atoms with Crippen LogP contribution in [0.2, 0.25) is 0 Å². The van der Waals surface area contributed by atoms with Crippen molar-refractivity contribution in [3.05, 3.63) is 54.6 Å². The number of benzene rings is 2. The van der Waals surface area contributed by atoms with Gasteiger partial charge >= 0.3 is 0 Å². The Balaban J connectivity index is 0.00000280. The predicted molar refractivity (Wildman–Crippen MR) is 111 cm³/mol. The van der Waals surface area contributed by atoms with E-state index in [1.807, 2.05) is 0 Å². The molecular weight excluding hydrogens is 402 g/mol. The van der Waals surface area contributed by atoms with E-state index < -0.39 is 15.6 Å². The fraction of sp³-hybridized carbons (Fsp3) is 0.316. The van der Waals surface area contributed by atoms with E-state index in [9.17, 15) is 13.2 Å². The molecule has 1 heterocycles. The Hall–Kier alpha value is -2.13. The number of para-hydroxylation sites is 1. The van der Waals surface area contributed by atoms with Gasteiger partial charge in [0.15, 0.2) is 0 Å². The highest BCUT2D eigenvalue weighted by atomic mass is 35.5. The zero-order valence-electron chi connectivity index (χ0n) is 15.5. The van der Waals surface area contributed by atoms with Crippen LogP contribution in [0.3, 0.4) is 0 Å². The summed E-state index contributed by atoms with van der Waals surface area (Å²) in [6, 6.07) is 14.8. The Morgan fingerprint density at radius 1 is 1.04 bits per heavy atom. The number of sulfonamides is 1. The first-order valence-corrected chi connectivity index (χ1v) is 10.2. The van der Waals surface area contributed by atoms with Crippen molar-refractivity contribution in [3.8, 4) is 0 Å². The Bertz CT molecular complexity index is 900. The van der Waals surface area contributed by atoms with Crippen molar-refractivity contribution >= 4 is 39.7 Å². The third-order valence-corrected chi connectivity index (χ3v) is 6.02. The monoisotopic (exact) mass is 425 g/mol. The number of methoxy groups -OCH3 is 1. The van der Waals surface area contributed by atoms with E-state index in [-0.39, 0.29) is 23.2 Å². The van der Waals surface area contributed by atoms with Gasteiger partial charge in [-0.05, 0) is 56.3 Å². The van der Waals surface area contributed by atoms with Crippen LogP contribution >= 0.6 is 12.4 Å². The minimum Gasteiger partial charge on any atom is -0.368 e. The van der Waals surface area contributed by atoms with Crippen LogP contribution in [0, 0.1) is 0 Å². The first kappa shape index (κ1) is 22.2. The third kappa shape index (κ3) is 5.02. The number of ether oxygens (including phenoxy) is 1. The molecule has 0 atom stereocenters. The molecule has 9 heteroatoms. The molecule has 2 aromatic rings. The van der Waals surface area contributed by atoms with Crippen LogP contribution in [0.4, 0.5) is 11.4 Å². The van der Waals surface area contributed by atoms with Gasteiger partial charge in [0.1, 0.15) is 5.60 Å². The molecule has 3 N–H and O–H groups in total. The average molecular weight is 426 g/mol. The molecule has 0 radical (unpaired) electrons. The first-order valence-electron chi connectivity index (χ1n) is 8.70. The minimum atomic E-state index is -3.76. The number of piperidine rings is 1. The van der Waals surface area contributed by atoms with Crippen molar-refractivity contribution in [3.63, 3.8) is 0 Å². The molecule has 28 heavy (non-hydrogen) atoms. The van der Waals surface area contributed by atoms with Crippen LogP contribution < -0.4 is 15.4 Å². The van der Waals surface area contributed by atoms with Gasteiger partial charge in [-0.15, -0.1) is 12.4 Å². The standard InChI is InChI=1S/C19H23N3O4S.ClH/c1-26-19(10-12-20-13-11-19)18(23)21-16-8-5-9-17(14-16)27(24,25)22-15-6-3-2-4-7-15;/h2-9,14,20,22H,10-13H2,1H3,(H,21,23);1H. The lowest BCUT2D eigenvalue weighted by Crippen LogP contribution is -2.51. The number of nitrogens with one attached hydrogen (secondary N) is 3. The van der Waals surface area contributed by atoms with Gasteiger partial charge < -0.3 is 15.4 Å². The molecule has 7 nitrogen and oxygen atoms in total. The molecule has 2 aromatic carbocycles. The van der Waals surface area contributed by atoms with Gasteiger partial charge in [-0.2, -0.15) is 0 Å². The summed E-state index contributed by atoms with van der Waals surface area (Å²) >= 11 is 0. The van der Waals surface area contributed by atoms with E-state index in [1.165, 1.54) is 19.2 Å². The van der Waals surface area contributed by atoms with Gasteiger partial charge in [0, 0.05) is 18.5 Å². The predicted octanol–water partition coefficient (Wildman–Crippen LogP) is 2.62. The number of halogens is 1.